The van der Waals surface area contributed by atoms with Gasteiger partial charge in [0, 0.05) is 5.56 Å². The summed E-state index contributed by atoms with van der Waals surface area (Å²) in [6, 6.07) is 8.47. The van der Waals surface area contributed by atoms with E-state index < -0.39 is 0 Å². The van der Waals surface area contributed by atoms with Gasteiger partial charge in [-0.15, -0.1) is 0 Å². The number of hydrogen-bond donors (Lipinski definition) is 0. The molecule has 0 N–H and O–H groups in total. The molecule has 0 aliphatic rings. The van der Waals surface area contributed by atoms with E-state index in [1.165, 1.54) is 18.4 Å². The zero-order valence-corrected chi connectivity index (χ0v) is 9.86. The van der Waals surface area contributed by atoms with Gasteiger partial charge in [0.2, 0.25) is 5.89 Å². The normalized spacial score (nSPS) is 10.6. The second-order valence-electron chi connectivity index (χ2n) is 4.08. The van der Waals surface area contributed by atoms with Crippen molar-refractivity contribution in [3.05, 3.63) is 41.8 Å². The summed E-state index contributed by atoms with van der Waals surface area (Å²) in [4.78, 5) is 4.21. The highest BCUT2D eigenvalue weighted by Gasteiger charge is 2.03. The third kappa shape index (κ3) is 2.51. The van der Waals surface area contributed by atoms with Crippen LogP contribution < -0.4 is 0 Å². The second kappa shape index (κ2) is 4.97. The third-order valence-electron chi connectivity index (χ3n) is 2.64. The van der Waals surface area contributed by atoms with Crippen molar-refractivity contribution in [2.75, 3.05) is 0 Å². The summed E-state index contributed by atoms with van der Waals surface area (Å²) in [6.45, 7) is 4.12. The Bertz CT molecular complexity index is 442. The Hall–Kier alpha value is -1.57. The molecule has 0 bridgehead atoms. The van der Waals surface area contributed by atoms with Crippen LogP contribution in [-0.2, 0) is 6.42 Å². The summed E-state index contributed by atoms with van der Waals surface area (Å²) in [6.07, 6.45) is 5.39. The molecule has 2 aromatic rings. The van der Waals surface area contributed by atoms with Gasteiger partial charge in [-0.2, -0.15) is 0 Å². The first-order valence-electron chi connectivity index (χ1n) is 5.81. The van der Waals surface area contributed by atoms with Gasteiger partial charge in [0.1, 0.15) is 5.76 Å². The Morgan fingerprint density at radius 3 is 2.50 bits per heavy atom. The largest absolute Gasteiger partial charge is 0.441 e. The zero-order chi connectivity index (χ0) is 11.4. The van der Waals surface area contributed by atoms with Gasteiger partial charge in [0.15, 0.2) is 0 Å². The van der Waals surface area contributed by atoms with Gasteiger partial charge in [-0.3, -0.25) is 0 Å². The molecule has 1 heterocycles. The van der Waals surface area contributed by atoms with Crippen molar-refractivity contribution in [2.24, 2.45) is 0 Å². The Morgan fingerprint density at radius 1 is 1.19 bits per heavy atom. The number of oxazole rings is 1. The lowest BCUT2D eigenvalue weighted by molar-refractivity contribution is 0.542. The molecule has 84 valence electrons. The van der Waals surface area contributed by atoms with Gasteiger partial charge in [-0.05, 0) is 37.5 Å². The predicted octanol–water partition coefficient (Wildman–Crippen LogP) is 3.99. The molecule has 0 unspecified atom stereocenters. The fourth-order valence-corrected chi connectivity index (χ4v) is 1.68. The number of aromatic nitrogens is 1. The van der Waals surface area contributed by atoms with Crippen molar-refractivity contribution in [3.8, 4) is 11.5 Å². The molecule has 0 saturated heterocycles. The SMILES string of the molecule is CCCCc1ccc(-c2ncc(C)o2)cc1. The number of nitrogens with zero attached hydrogens (tertiary/aromatic N) is 1. The van der Waals surface area contributed by atoms with Crippen LogP contribution in [0.2, 0.25) is 0 Å². The molecule has 0 aliphatic carbocycles. The van der Waals surface area contributed by atoms with Crippen molar-refractivity contribution in [1.29, 1.82) is 0 Å². The molecule has 2 nitrogen and oxygen atoms in total. The van der Waals surface area contributed by atoms with Crippen LogP contribution in [0.4, 0.5) is 0 Å². The van der Waals surface area contributed by atoms with Crippen LogP contribution in [0.3, 0.4) is 0 Å². The van der Waals surface area contributed by atoms with E-state index in [0.29, 0.717) is 5.89 Å². The van der Waals surface area contributed by atoms with E-state index in [-0.39, 0.29) is 0 Å². The van der Waals surface area contributed by atoms with E-state index in [1.807, 2.05) is 6.92 Å². The summed E-state index contributed by atoms with van der Waals surface area (Å²) in [5.41, 5.74) is 2.43. The Labute approximate surface area is 96.3 Å². The quantitative estimate of drug-likeness (QED) is 0.770. The molecule has 1 aromatic carbocycles. The van der Waals surface area contributed by atoms with E-state index in [0.717, 1.165) is 17.7 Å². The van der Waals surface area contributed by atoms with Crippen molar-refractivity contribution >= 4 is 0 Å². The summed E-state index contributed by atoms with van der Waals surface area (Å²) in [5.74, 6) is 1.56. The second-order valence-corrected chi connectivity index (χ2v) is 4.08. The smallest absolute Gasteiger partial charge is 0.226 e. The molecule has 0 aliphatic heterocycles. The van der Waals surface area contributed by atoms with Crippen molar-refractivity contribution in [3.63, 3.8) is 0 Å². The maximum atomic E-state index is 5.48. The molecule has 0 amide bonds. The molecule has 2 rings (SSSR count). The lowest BCUT2D eigenvalue weighted by Crippen LogP contribution is -1.84. The number of unbranched alkanes of at least 4 members (excludes halogenated alkanes) is 1. The number of benzene rings is 1. The molecular weight excluding hydrogens is 198 g/mol. The molecule has 0 radical (unpaired) electrons. The standard InChI is InChI=1S/C14H17NO/c1-3-4-5-12-6-8-13(9-7-12)14-15-10-11(2)16-14/h6-10H,3-5H2,1-2H3. The molecule has 0 fully saturated rings. The minimum Gasteiger partial charge on any atom is -0.441 e. The van der Waals surface area contributed by atoms with Crippen LogP contribution in [0.1, 0.15) is 31.1 Å². The van der Waals surface area contributed by atoms with Crippen LogP contribution >= 0.6 is 0 Å². The molecule has 0 atom stereocenters. The van der Waals surface area contributed by atoms with Crippen LogP contribution in [-0.4, -0.2) is 4.98 Å². The highest BCUT2D eigenvalue weighted by Crippen LogP contribution is 2.19. The summed E-state index contributed by atoms with van der Waals surface area (Å²) >= 11 is 0. The maximum Gasteiger partial charge on any atom is 0.226 e. The zero-order valence-electron chi connectivity index (χ0n) is 9.86. The summed E-state index contributed by atoms with van der Waals surface area (Å²) < 4.78 is 5.48. The van der Waals surface area contributed by atoms with Crippen LogP contribution in [0, 0.1) is 6.92 Å². The lowest BCUT2D eigenvalue weighted by atomic mass is 10.1. The van der Waals surface area contributed by atoms with Crippen LogP contribution in [0.25, 0.3) is 11.5 Å². The van der Waals surface area contributed by atoms with Gasteiger partial charge in [-0.25, -0.2) is 4.98 Å². The molecule has 2 heteroatoms. The van der Waals surface area contributed by atoms with E-state index in [4.69, 9.17) is 4.42 Å². The minimum absolute atomic E-state index is 0.708. The monoisotopic (exact) mass is 215 g/mol. The highest BCUT2D eigenvalue weighted by molar-refractivity contribution is 5.53. The number of aryl methyl sites for hydroxylation is 2. The van der Waals surface area contributed by atoms with Crippen molar-refractivity contribution < 1.29 is 4.42 Å². The predicted molar refractivity (Wildman–Crippen MR) is 65.3 cm³/mol. The number of rotatable bonds is 4. The van der Waals surface area contributed by atoms with Crippen molar-refractivity contribution in [1.82, 2.24) is 4.98 Å². The van der Waals surface area contributed by atoms with Gasteiger partial charge in [0.05, 0.1) is 6.20 Å². The Morgan fingerprint density at radius 2 is 1.94 bits per heavy atom. The molecule has 0 spiro atoms. The van der Waals surface area contributed by atoms with Gasteiger partial charge < -0.3 is 4.42 Å². The van der Waals surface area contributed by atoms with E-state index in [9.17, 15) is 0 Å². The first-order chi connectivity index (χ1) is 7.79. The average Bonchev–Trinajstić information content (AvgIpc) is 2.74. The topological polar surface area (TPSA) is 26.0 Å². The van der Waals surface area contributed by atoms with E-state index in [1.54, 1.807) is 6.20 Å². The Kier molecular flexibility index (Phi) is 3.40. The fraction of sp³-hybridized carbons (Fsp3) is 0.357. The van der Waals surface area contributed by atoms with Gasteiger partial charge >= 0.3 is 0 Å². The molecular formula is C14H17NO. The summed E-state index contributed by atoms with van der Waals surface area (Å²) in [7, 11) is 0. The fourth-order valence-electron chi connectivity index (χ4n) is 1.68. The van der Waals surface area contributed by atoms with Gasteiger partial charge in [0.25, 0.3) is 0 Å². The van der Waals surface area contributed by atoms with E-state index in [2.05, 4.69) is 36.2 Å². The first-order valence-corrected chi connectivity index (χ1v) is 5.81. The van der Waals surface area contributed by atoms with Gasteiger partial charge in [-0.1, -0.05) is 25.5 Å². The summed E-state index contributed by atoms with van der Waals surface area (Å²) in [5, 5.41) is 0. The highest BCUT2D eigenvalue weighted by atomic mass is 16.4. The molecule has 1 aromatic heterocycles. The average molecular weight is 215 g/mol. The lowest BCUT2D eigenvalue weighted by Gasteiger charge is -2.00. The molecule has 0 saturated carbocycles. The van der Waals surface area contributed by atoms with Crippen LogP contribution in [0.15, 0.2) is 34.9 Å². The first kappa shape index (κ1) is 10.9. The maximum absolute atomic E-state index is 5.48. The van der Waals surface area contributed by atoms with Crippen molar-refractivity contribution in [2.45, 2.75) is 33.1 Å². The molecule has 16 heavy (non-hydrogen) atoms. The minimum atomic E-state index is 0.708. The van der Waals surface area contributed by atoms with Crippen LogP contribution in [0.5, 0.6) is 0 Å². The number of hydrogen-bond acceptors (Lipinski definition) is 2. The third-order valence-corrected chi connectivity index (χ3v) is 2.64. The van der Waals surface area contributed by atoms with E-state index >= 15 is 0 Å². The Balaban J connectivity index is 2.13.